The Kier molecular flexibility index (Phi) is 7.57. The molecule has 2 amide bonds. The van der Waals surface area contributed by atoms with Gasteiger partial charge in [-0.3, -0.25) is 14.4 Å². The highest BCUT2D eigenvalue weighted by atomic mass is 19.1. The molecule has 1 saturated heterocycles. The molecule has 0 radical (unpaired) electrons. The number of amides is 2. The van der Waals surface area contributed by atoms with Crippen LogP contribution in [0.1, 0.15) is 52.9 Å². The summed E-state index contributed by atoms with van der Waals surface area (Å²) in [5, 5.41) is 3.07. The number of fused-ring (bicyclic) bond motifs is 5. The number of benzene rings is 3. The molecule has 3 aliphatic rings. The highest BCUT2D eigenvalue weighted by Gasteiger charge is 2.36. The van der Waals surface area contributed by atoms with Crippen LogP contribution in [0.3, 0.4) is 0 Å². The van der Waals surface area contributed by atoms with E-state index in [9.17, 15) is 18.8 Å². The molecule has 8 heteroatoms. The van der Waals surface area contributed by atoms with Crippen LogP contribution in [0, 0.1) is 11.7 Å². The van der Waals surface area contributed by atoms with Gasteiger partial charge in [-0.05, 0) is 91.8 Å². The van der Waals surface area contributed by atoms with Crippen molar-refractivity contribution in [3.63, 3.8) is 0 Å². The number of rotatable bonds is 5. The van der Waals surface area contributed by atoms with Crippen molar-refractivity contribution in [2.24, 2.45) is 5.92 Å². The Morgan fingerprint density at radius 3 is 2.58 bits per heavy atom. The van der Waals surface area contributed by atoms with Crippen molar-refractivity contribution in [3.05, 3.63) is 130 Å². The van der Waals surface area contributed by atoms with Gasteiger partial charge in [0.15, 0.2) is 0 Å². The maximum atomic E-state index is 14.1. The minimum absolute atomic E-state index is 0.0351. The van der Waals surface area contributed by atoms with Crippen molar-refractivity contribution in [1.82, 2.24) is 4.57 Å². The number of piperidine rings is 1. The largest absolute Gasteiger partial charge is 0.369 e. The number of aryl methyl sites for hydroxylation is 1. The maximum Gasteiger partial charge on any atom is 0.258 e. The second-order valence-electron chi connectivity index (χ2n) is 12.4. The van der Waals surface area contributed by atoms with E-state index < -0.39 is 0 Å². The highest BCUT2D eigenvalue weighted by Crippen LogP contribution is 2.40. The zero-order valence-corrected chi connectivity index (χ0v) is 25.2. The fourth-order valence-electron chi connectivity index (χ4n) is 7.22. The van der Waals surface area contributed by atoms with Crippen molar-refractivity contribution < 1.29 is 14.0 Å². The molecule has 1 N–H and O–H groups in total. The number of halogens is 1. The third kappa shape index (κ3) is 5.68. The Bertz CT molecular complexity index is 1870. The molecule has 3 atom stereocenters. The van der Waals surface area contributed by atoms with Gasteiger partial charge in [0.2, 0.25) is 5.91 Å². The van der Waals surface area contributed by atoms with Gasteiger partial charge in [-0.2, -0.15) is 0 Å². The van der Waals surface area contributed by atoms with Crippen LogP contribution >= 0.6 is 0 Å². The zero-order valence-electron chi connectivity index (χ0n) is 25.2. The molecular formula is C37H35FN4O3. The van der Waals surface area contributed by atoms with E-state index in [-0.39, 0.29) is 41.1 Å². The highest BCUT2D eigenvalue weighted by molar-refractivity contribution is 6.10. The monoisotopic (exact) mass is 602 g/mol. The number of anilines is 3. The Hall–Kier alpha value is -4.98. The summed E-state index contributed by atoms with van der Waals surface area (Å²) in [6, 6.07) is 25.1. The lowest BCUT2D eigenvalue weighted by Crippen LogP contribution is -2.47. The van der Waals surface area contributed by atoms with E-state index in [4.69, 9.17) is 0 Å². The van der Waals surface area contributed by atoms with E-state index in [1.807, 2.05) is 66.1 Å². The molecule has 0 spiro atoms. The van der Waals surface area contributed by atoms with Gasteiger partial charge in [0.25, 0.3) is 11.5 Å². The first-order valence-corrected chi connectivity index (χ1v) is 15.6. The lowest BCUT2D eigenvalue weighted by Gasteiger charge is -2.44. The molecule has 4 aromatic rings. The number of aromatic nitrogens is 1. The zero-order chi connectivity index (χ0) is 31.1. The first-order valence-electron chi connectivity index (χ1n) is 15.6. The maximum absolute atomic E-state index is 14.1. The lowest BCUT2D eigenvalue weighted by molar-refractivity contribution is -0.111. The average molecular weight is 603 g/mol. The van der Waals surface area contributed by atoms with Crippen molar-refractivity contribution >= 4 is 35.0 Å². The third-order valence-electron chi connectivity index (χ3n) is 9.34. The van der Waals surface area contributed by atoms with Gasteiger partial charge < -0.3 is 19.7 Å². The first-order chi connectivity index (χ1) is 21.8. The van der Waals surface area contributed by atoms with Gasteiger partial charge in [0.05, 0.1) is 11.4 Å². The van der Waals surface area contributed by atoms with E-state index in [1.165, 1.54) is 18.2 Å². The van der Waals surface area contributed by atoms with Crippen molar-refractivity contribution in [3.8, 4) is 0 Å². The van der Waals surface area contributed by atoms with Gasteiger partial charge >= 0.3 is 0 Å². The number of nitrogens with one attached hydrogen (secondary N) is 1. The van der Waals surface area contributed by atoms with Gasteiger partial charge in [0, 0.05) is 60.7 Å². The molecule has 2 bridgehead atoms. The topological polar surface area (TPSA) is 74.7 Å². The molecule has 3 unspecified atom stereocenters. The van der Waals surface area contributed by atoms with Gasteiger partial charge in [0.1, 0.15) is 5.82 Å². The molecule has 7 rings (SSSR count). The molecule has 7 nitrogen and oxygen atoms in total. The van der Waals surface area contributed by atoms with Crippen molar-refractivity contribution in [2.75, 3.05) is 28.2 Å². The second kappa shape index (κ2) is 11.8. The molecule has 0 saturated carbocycles. The number of hydrogen-bond acceptors (Lipinski definition) is 4. The van der Waals surface area contributed by atoms with Crippen LogP contribution in [-0.2, 0) is 17.8 Å². The predicted molar refractivity (Wildman–Crippen MR) is 175 cm³/mol. The van der Waals surface area contributed by atoms with Crippen LogP contribution in [0.5, 0.6) is 0 Å². The van der Waals surface area contributed by atoms with Crippen LogP contribution in [0.4, 0.5) is 21.5 Å². The van der Waals surface area contributed by atoms with Crippen LogP contribution in [-0.4, -0.2) is 35.5 Å². The fraction of sp³-hybridized carbons (Fsp3) is 0.270. The Balaban J connectivity index is 1.23. The molecule has 3 aromatic carbocycles. The molecule has 0 aliphatic carbocycles. The number of nitrogens with zero attached hydrogens (tertiary/aromatic N) is 3. The molecule has 3 aliphatic heterocycles. The van der Waals surface area contributed by atoms with E-state index in [2.05, 4.69) is 10.2 Å². The van der Waals surface area contributed by atoms with Crippen LogP contribution in [0.2, 0.25) is 0 Å². The van der Waals surface area contributed by atoms with Crippen LogP contribution < -0.4 is 20.7 Å². The van der Waals surface area contributed by atoms with E-state index in [0.29, 0.717) is 30.8 Å². The van der Waals surface area contributed by atoms with Crippen molar-refractivity contribution in [1.29, 1.82) is 0 Å². The molecule has 1 fully saturated rings. The van der Waals surface area contributed by atoms with E-state index in [1.54, 1.807) is 29.2 Å². The summed E-state index contributed by atoms with van der Waals surface area (Å²) in [5.74, 6) is -0.343. The summed E-state index contributed by atoms with van der Waals surface area (Å²) >= 11 is 0. The van der Waals surface area contributed by atoms with Crippen molar-refractivity contribution in [2.45, 2.75) is 44.7 Å². The summed E-state index contributed by atoms with van der Waals surface area (Å²) in [5.41, 5.74) is 5.36. The first kappa shape index (κ1) is 28.8. The Labute approximate surface area is 261 Å². The standard InChI is InChI=1S/C37H35FN4O3/c1-24-10-12-27-19-30(38)14-16-33(27)42(24)37(45)28-13-15-34(31(20-28)39-35(43)17-11-25-6-3-2-4-7-25)40-21-26-18-29(23-40)32-8-5-9-36(44)41(32)22-26/h2-9,11,13-17,19-20,24,26,29H,10,12,18,21-23H2,1H3,(H,39,43)/b17-11+. The van der Waals surface area contributed by atoms with Crippen LogP contribution in [0.25, 0.3) is 6.08 Å². The minimum atomic E-state index is -0.313. The Morgan fingerprint density at radius 1 is 0.911 bits per heavy atom. The summed E-state index contributed by atoms with van der Waals surface area (Å²) in [4.78, 5) is 43.9. The summed E-state index contributed by atoms with van der Waals surface area (Å²) in [6.07, 6.45) is 5.70. The lowest BCUT2D eigenvalue weighted by atomic mass is 9.83. The SMILES string of the molecule is CC1CCc2cc(F)ccc2N1C(=O)c1ccc(N2CC3CC(C2)c2cccc(=O)n2C3)c(NC(=O)/C=C/c2ccccc2)c1. The number of carbonyl (C=O) groups excluding carboxylic acids is 2. The van der Waals surface area contributed by atoms with E-state index >= 15 is 0 Å². The van der Waals surface area contributed by atoms with Crippen LogP contribution in [0.15, 0.2) is 95.8 Å². The minimum Gasteiger partial charge on any atom is -0.369 e. The second-order valence-corrected chi connectivity index (χ2v) is 12.4. The smallest absolute Gasteiger partial charge is 0.258 e. The van der Waals surface area contributed by atoms with Gasteiger partial charge in [-0.15, -0.1) is 0 Å². The predicted octanol–water partition coefficient (Wildman–Crippen LogP) is 6.24. The average Bonchev–Trinajstić information content (AvgIpc) is 3.04. The summed E-state index contributed by atoms with van der Waals surface area (Å²) in [7, 11) is 0. The molecule has 1 aromatic heterocycles. The number of carbonyl (C=O) groups is 2. The summed E-state index contributed by atoms with van der Waals surface area (Å²) < 4.78 is 15.9. The molecule has 228 valence electrons. The fourth-order valence-corrected chi connectivity index (χ4v) is 7.22. The molecule has 45 heavy (non-hydrogen) atoms. The van der Waals surface area contributed by atoms with Gasteiger partial charge in [-0.25, -0.2) is 4.39 Å². The normalized spacial score (nSPS) is 20.4. The van der Waals surface area contributed by atoms with E-state index in [0.717, 1.165) is 47.6 Å². The number of pyridine rings is 1. The number of hydrogen-bond donors (Lipinski definition) is 1. The Morgan fingerprint density at radius 2 is 1.73 bits per heavy atom. The summed E-state index contributed by atoms with van der Waals surface area (Å²) in [6.45, 7) is 4.09. The molecule has 4 heterocycles. The van der Waals surface area contributed by atoms with Gasteiger partial charge in [-0.1, -0.05) is 36.4 Å². The third-order valence-corrected chi connectivity index (χ3v) is 9.34. The quantitative estimate of drug-likeness (QED) is 0.274. The molecular weight excluding hydrogens is 567 g/mol.